The van der Waals surface area contributed by atoms with Crippen molar-refractivity contribution in [2.24, 2.45) is 0 Å². The van der Waals surface area contributed by atoms with Crippen LogP contribution in [0.15, 0.2) is 30.5 Å². The van der Waals surface area contributed by atoms with Crippen molar-refractivity contribution in [3.8, 4) is 0 Å². The van der Waals surface area contributed by atoms with Crippen LogP contribution in [0.5, 0.6) is 0 Å². The Morgan fingerprint density at radius 2 is 2.10 bits per heavy atom. The highest BCUT2D eigenvalue weighted by Gasteiger charge is 2.18. The summed E-state index contributed by atoms with van der Waals surface area (Å²) < 4.78 is 15.3. The van der Waals surface area contributed by atoms with Gasteiger partial charge in [-0.15, -0.1) is 0 Å². The predicted octanol–water partition coefficient (Wildman–Crippen LogP) is 3.14. The fourth-order valence-corrected chi connectivity index (χ4v) is 2.81. The molecule has 0 saturated heterocycles. The van der Waals surface area contributed by atoms with E-state index in [0.29, 0.717) is 11.6 Å². The highest BCUT2D eigenvalue weighted by atomic mass is 19.1. The number of nitrogens with zero attached hydrogens (tertiary/aromatic N) is 2. The first kappa shape index (κ1) is 13.8. The van der Waals surface area contributed by atoms with Crippen molar-refractivity contribution in [1.29, 1.82) is 0 Å². The number of nitrogen functional groups attached to an aromatic ring is 1. The molecule has 3 rings (SSSR count). The number of benzene rings is 1. The predicted molar refractivity (Wildman–Crippen MR) is 78.6 cm³/mol. The number of hydrogen-bond acceptors (Lipinski definition) is 3. The molecule has 0 bridgehead atoms. The molecule has 0 unspecified atom stereocenters. The Hall–Kier alpha value is -2.17. The molecule has 1 aliphatic rings. The number of carbonyl (C=O) groups excluding carboxylic acids is 1. The first-order valence-corrected chi connectivity index (χ1v) is 7.26. The minimum atomic E-state index is -0.558. The summed E-state index contributed by atoms with van der Waals surface area (Å²) in [5.41, 5.74) is 6.52. The standard InChI is InChI=1S/C16H18FN3O/c17-14-9-11(5-6-15(14)18)16(21)10-12-7-8-20(19-12)13-3-1-2-4-13/h5-9,13H,1-4,10,18H2. The van der Waals surface area contributed by atoms with E-state index in [1.807, 2.05) is 16.9 Å². The van der Waals surface area contributed by atoms with Crippen LogP contribution in [0.4, 0.5) is 10.1 Å². The number of hydrogen-bond donors (Lipinski definition) is 1. The van der Waals surface area contributed by atoms with Gasteiger partial charge in [0.15, 0.2) is 5.78 Å². The lowest BCUT2D eigenvalue weighted by Crippen LogP contribution is -2.08. The molecule has 1 fully saturated rings. The van der Waals surface area contributed by atoms with Crippen LogP contribution in [0.25, 0.3) is 0 Å². The lowest BCUT2D eigenvalue weighted by atomic mass is 10.1. The van der Waals surface area contributed by atoms with Crippen LogP contribution in [0.3, 0.4) is 0 Å². The van der Waals surface area contributed by atoms with Crippen molar-refractivity contribution in [3.63, 3.8) is 0 Å². The quantitative estimate of drug-likeness (QED) is 0.694. The summed E-state index contributed by atoms with van der Waals surface area (Å²) in [6, 6.07) is 6.48. The SMILES string of the molecule is Nc1ccc(C(=O)Cc2ccn(C3CCCC3)n2)cc1F. The maximum Gasteiger partial charge on any atom is 0.168 e. The first-order valence-electron chi connectivity index (χ1n) is 7.26. The van der Waals surface area contributed by atoms with Crippen molar-refractivity contribution in [2.45, 2.75) is 38.1 Å². The summed E-state index contributed by atoms with van der Waals surface area (Å²) in [4.78, 5) is 12.2. The molecule has 2 N–H and O–H groups in total. The zero-order valence-electron chi connectivity index (χ0n) is 11.8. The second kappa shape index (κ2) is 5.68. The maximum absolute atomic E-state index is 13.4. The average Bonchev–Trinajstić information content (AvgIpc) is 3.12. The highest BCUT2D eigenvalue weighted by Crippen LogP contribution is 2.28. The normalized spacial score (nSPS) is 15.5. The fraction of sp³-hybridized carbons (Fsp3) is 0.375. The van der Waals surface area contributed by atoms with Gasteiger partial charge in [-0.1, -0.05) is 12.8 Å². The molecule has 0 amide bonds. The van der Waals surface area contributed by atoms with Crippen LogP contribution in [0.2, 0.25) is 0 Å². The minimum Gasteiger partial charge on any atom is -0.396 e. The molecule has 1 aromatic heterocycles. The number of rotatable bonds is 4. The van der Waals surface area contributed by atoms with Gasteiger partial charge in [-0.25, -0.2) is 4.39 Å². The molecular formula is C16H18FN3O. The minimum absolute atomic E-state index is 0.0528. The number of Topliss-reactive ketones (excluding diaryl/α,β-unsaturated/α-hetero) is 1. The van der Waals surface area contributed by atoms with Crippen molar-refractivity contribution >= 4 is 11.5 Å². The molecule has 0 atom stereocenters. The third kappa shape index (κ3) is 2.96. The van der Waals surface area contributed by atoms with Crippen LogP contribution in [-0.4, -0.2) is 15.6 Å². The van der Waals surface area contributed by atoms with Crippen LogP contribution in [-0.2, 0) is 6.42 Å². The fourth-order valence-electron chi connectivity index (χ4n) is 2.81. The Balaban J connectivity index is 1.70. The Kier molecular flexibility index (Phi) is 3.73. The summed E-state index contributed by atoms with van der Waals surface area (Å²) in [7, 11) is 0. The number of ketones is 1. The van der Waals surface area contributed by atoms with Gasteiger partial charge in [-0.3, -0.25) is 9.48 Å². The van der Waals surface area contributed by atoms with Gasteiger partial charge in [0, 0.05) is 11.8 Å². The van der Waals surface area contributed by atoms with Crippen molar-refractivity contribution in [1.82, 2.24) is 9.78 Å². The van der Waals surface area contributed by atoms with E-state index in [2.05, 4.69) is 5.10 Å². The molecule has 0 radical (unpaired) electrons. The Morgan fingerprint density at radius 3 is 2.81 bits per heavy atom. The number of halogens is 1. The molecule has 1 aromatic carbocycles. The maximum atomic E-state index is 13.4. The Labute approximate surface area is 122 Å². The molecular weight excluding hydrogens is 269 g/mol. The van der Waals surface area contributed by atoms with Gasteiger partial charge in [0.1, 0.15) is 5.82 Å². The van der Waals surface area contributed by atoms with Crippen LogP contribution >= 0.6 is 0 Å². The second-order valence-electron chi connectivity index (χ2n) is 5.56. The van der Waals surface area contributed by atoms with E-state index in [4.69, 9.17) is 5.73 Å². The van der Waals surface area contributed by atoms with Gasteiger partial charge in [0.25, 0.3) is 0 Å². The third-order valence-corrected chi connectivity index (χ3v) is 4.03. The molecule has 1 heterocycles. The van der Waals surface area contributed by atoms with Crippen molar-refractivity contribution < 1.29 is 9.18 Å². The van der Waals surface area contributed by atoms with E-state index >= 15 is 0 Å². The van der Waals surface area contributed by atoms with Gasteiger partial charge in [-0.05, 0) is 37.1 Å². The van der Waals surface area contributed by atoms with E-state index in [-0.39, 0.29) is 17.9 Å². The zero-order chi connectivity index (χ0) is 14.8. The van der Waals surface area contributed by atoms with E-state index < -0.39 is 5.82 Å². The largest absolute Gasteiger partial charge is 0.396 e. The molecule has 110 valence electrons. The highest BCUT2D eigenvalue weighted by molar-refractivity contribution is 5.97. The Bertz CT molecular complexity index is 659. The number of anilines is 1. The Morgan fingerprint density at radius 1 is 1.33 bits per heavy atom. The van der Waals surface area contributed by atoms with Gasteiger partial charge >= 0.3 is 0 Å². The summed E-state index contributed by atoms with van der Waals surface area (Å²) in [5.74, 6) is -0.706. The van der Waals surface area contributed by atoms with Crippen LogP contribution in [0.1, 0.15) is 47.8 Å². The molecule has 1 saturated carbocycles. The molecule has 2 aromatic rings. The topological polar surface area (TPSA) is 60.9 Å². The zero-order valence-corrected chi connectivity index (χ0v) is 11.8. The van der Waals surface area contributed by atoms with Gasteiger partial charge < -0.3 is 5.73 Å². The van der Waals surface area contributed by atoms with E-state index in [1.54, 1.807) is 6.07 Å². The summed E-state index contributed by atoms with van der Waals surface area (Å²) in [6.07, 6.45) is 6.90. The van der Waals surface area contributed by atoms with Crippen molar-refractivity contribution in [2.75, 3.05) is 5.73 Å². The summed E-state index contributed by atoms with van der Waals surface area (Å²) >= 11 is 0. The van der Waals surface area contributed by atoms with E-state index in [0.717, 1.165) is 18.5 Å². The molecule has 5 heteroatoms. The van der Waals surface area contributed by atoms with E-state index in [9.17, 15) is 9.18 Å². The summed E-state index contributed by atoms with van der Waals surface area (Å²) in [5, 5.41) is 4.48. The van der Waals surface area contributed by atoms with Gasteiger partial charge in [-0.2, -0.15) is 5.10 Å². The smallest absolute Gasteiger partial charge is 0.168 e. The van der Waals surface area contributed by atoms with Crippen LogP contribution < -0.4 is 5.73 Å². The van der Waals surface area contributed by atoms with Crippen LogP contribution in [0, 0.1) is 5.82 Å². The number of aromatic nitrogens is 2. The lowest BCUT2D eigenvalue weighted by molar-refractivity contribution is 0.0991. The average molecular weight is 287 g/mol. The second-order valence-corrected chi connectivity index (χ2v) is 5.56. The molecule has 1 aliphatic carbocycles. The monoisotopic (exact) mass is 287 g/mol. The molecule has 21 heavy (non-hydrogen) atoms. The summed E-state index contributed by atoms with van der Waals surface area (Å²) in [6.45, 7) is 0. The molecule has 4 nitrogen and oxygen atoms in total. The van der Waals surface area contributed by atoms with E-state index in [1.165, 1.54) is 25.0 Å². The van der Waals surface area contributed by atoms with Crippen molar-refractivity contribution in [3.05, 3.63) is 47.5 Å². The number of nitrogens with two attached hydrogens (primary N) is 1. The first-order chi connectivity index (χ1) is 10.1. The third-order valence-electron chi connectivity index (χ3n) is 4.03. The number of carbonyl (C=O) groups is 1. The molecule has 0 spiro atoms. The van der Waals surface area contributed by atoms with Gasteiger partial charge in [0.2, 0.25) is 0 Å². The molecule has 0 aliphatic heterocycles. The lowest BCUT2D eigenvalue weighted by Gasteiger charge is -2.08. The van der Waals surface area contributed by atoms with Gasteiger partial charge in [0.05, 0.1) is 23.8 Å².